The van der Waals surface area contributed by atoms with Gasteiger partial charge in [-0.25, -0.2) is 9.97 Å². The van der Waals surface area contributed by atoms with E-state index >= 15 is 0 Å². The lowest BCUT2D eigenvalue weighted by molar-refractivity contribution is -0.858. The Morgan fingerprint density at radius 2 is 0.827 bits per heavy atom. The van der Waals surface area contributed by atoms with Crippen LogP contribution in [0.2, 0.25) is 0 Å². The molecule has 10 N–H and O–H groups in total. The van der Waals surface area contributed by atoms with Crippen molar-refractivity contribution in [2.45, 2.75) is 32.6 Å². The van der Waals surface area contributed by atoms with Crippen molar-refractivity contribution in [2.75, 3.05) is 72.2 Å². The number of nitrogens with zero attached hydrogens (tertiary/aromatic N) is 8. The molecule has 0 fully saturated rings. The van der Waals surface area contributed by atoms with E-state index in [9.17, 15) is 43.2 Å². The number of quaternary nitrogens is 1. The number of rotatable bonds is 23. The quantitative estimate of drug-likeness (QED) is 0.0392. The molecule has 0 aliphatic heterocycles. The van der Waals surface area contributed by atoms with Crippen LogP contribution in [0.5, 0.6) is 0 Å². The van der Waals surface area contributed by atoms with Gasteiger partial charge in [0.15, 0.2) is 11.6 Å². The number of anilines is 6. The zero-order valence-corrected chi connectivity index (χ0v) is 43.2. The third kappa shape index (κ3) is 14.9. The molecule has 27 nitrogen and oxygen atoms in total. The van der Waals surface area contributed by atoms with Gasteiger partial charge in [0, 0.05) is 125 Å². The molecule has 27 heteroatoms. The van der Waals surface area contributed by atoms with Crippen LogP contribution in [0.4, 0.5) is 34.4 Å². The van der Waals surface area contributed by atoms with Crippen molar-refractivity contribution in [1.82, 2.24) is 53.3 Å². The summed E-state index contributed by atoms with van der Waals surface area (Å²) in [6, 6.07) is 6.00. The Kier molecular flexibility index (Phi) is 17.9. The average molecular weight is 1040 g/mol. The summed E-state index contributed by atoms with van der Waals surface area (Å²) in [7, 11) is 13.8. The summed E-state index contributed by atoms with van der Waals surface area (Å²) in [5, 5.41) is 24.5. The minimum Gasteiger partial charge on any atom is -0.356 e. The van der Waals surface area contributed by atoms with Crippen LogP contribution in [0, 0.1) is 0 Å². The Bertz CT molecular complexity index is 3140. The molecule has 6 aromatic rings. The molecular weight excluding hydrogens is 973 g/mol. The molecule has 398 valence electrons. The molecule has 0 aromatic carbocycles. The van der Waals surface area contributed by atoms with Gasteiger partial charge in [0.05, 0.1) is 43.4 Å². The molecule has 0 bridgehead atoms. The van der Waals surface area contributed by atoms with Crippen molar-refractivity contribution in [3.05, 3.63) is 95.9 Å². The molecule has 0 atom stereocenters. The number of nitrogens with one attached hydrogen (secondary N) is 10. The number of hydrogen-bond acceptors (Lipinski definition) is 11. The van der Waals surface area contributed by atoms with Crippen LogP contribution in [-0.4, -0.2) is 131 Å². The molecule has 6 heterocycles. The summed E-state index contributed by atoms with van der Waals surface area (Å²) in [6.07, 6.45) is 10.5. The number of aromatic nitrogens is 8. The number of carbonyl (C=O) groups excluding carboxylic acids is 9. The van der Waals surface area contributed by atoms with Crippen molar-refractivity contribution < 1.29 is 48.1 Å². The van der Waals surface area contributed by atoms with E-state index in [-0.39, 0.29) is 96.1 Å². The van der Waals surface area contributed by atoms with Crippen molar-refractivity contribution in [3.63, 3.8) is 0 Å². The summed E-state index contributed by atoms with van der Waals surface area (Å²) in [6.45, 7) is 3.12. The third-order valence-electron chi connectivity index (χ3n) is 11.4. The lowest BCUT2D eigenvalue weighted by Crippen LogP contribution is -3.05. The van der Waals surface area contributed by atoms with E-state index in [1.807, 2.05) is 14.1 Å². The summed E-state index contributed by atoms with van der Waals surface area (Å²) in [5.41, 5.74) is 2.32. The Morgan fingerprint density at radius 3 is 1.29 bits per heavy atom. The van der Waals surface area contributed by atoms with Gasteiger partial charge in [0.1, 0.15) is 22.8 Å². The van der Waals surface area contributed by atoms with E-state index in [4.69, 9.17) is 0 Å². The predicted octanol–water partition coefficient (Wildman–Crippen LogP) is 0.395. The van der Waals surface area contributed by atoms with Crippen LogP contribution in [0.25, 0.3) is 0 Å². The first kappa shape index (κ1) is 55.1. The van der Waals surface area contributed by atoms with Crippen LogP contribution in [0.3, 0.4) is 0 Å². The number of carbonyl (C=O) groups is 9. The normalized spacial score (nSPS) is 11.0. The smallest absolute Gasteiger partial charge is 0.292 e. The van der Waals surface area contributed by atoms with Gasteiger partial charge in [-0.2, -0.15) is 0 Å². The minimum atomic E-state index is -0.618. The molecule has 0 saturated heterocycles. The highest BCUT2D eigenvalue weighted by atomic mass is 16.2. The van der Waals surface area contributed by atoms with Gasteiger partial charge >= 0.3 is 0 Å². The first-order valence-electron chi connectivity index (χ1n) is 23.7. The van der Waals surface area contributed by atoms with Crippen molar-refractivity contribution >= 4 is 87.5 Å². The highest BCUT2D eigenvalue weighted by Crippen LogP contribution is 2.21. The highest BCUT2D eigenvalue weighted by Gasteiger charge is 2.23. The maximum atomic E-state index is 13.4. The molecule has 9 amide bonds. The van der Waals surface area contributed by atoms with Crippen LogP contribution in [0.1, 0.15) is 95.8 Å². The van der Waals surface area contributed by atoms with Gasteiger partial charge in [0.25, 0.3) is 35.4 Å². The van der Waals surface area contributed by atoms with E-state index in [1.54, 1.807) is 71.6 Å². The first-order valence-corrected chi connectivity index (χ1v) is 23.7. The topological polar surface area (TPSA) is 322 Å². The summed E-state index contributed by atoms with van der Waals surface area (Å²) in [4.78, 5) is 125. The third-order valence-corrected chi connectivity index (χ3v) is 11.4. The second-order valence-electron chi connectivity index (χ2n) is 18.1. The summed E-state index contributed by atoms with van der Waals surface area (Å²) >= 11 is 0. The van der Waals surface area contributed by atoms with E-state index in [1.165, 1.54) is 71.3 Å². The van der Waals surface area contributed by atoms with E-state index < -0.39 is 35.4 Å². The average Bonchev–Trinajstić information content (AvgIpc) is 4.19. The Balaban J connectivity index is 0.917. The number of hydrogen-bond donors (Lipinski definition) is 10. The molecule has 0 saturated carbocycles. The first-order chi connectivity index (χ1) is 35.5. The zero-order chi connectivity index (χ0) is 54.7. The van der Waals surface area contributed by atoms with Crippen LogP contribution in [0.15, 0.2) is 61.4 Å². The lowest BCUT2D eigenvalue weighted by atomic mass is 10.2. The van der Waals surface area contributed by atoms with E-state index in [0.29, 0.717) is 29.3 Å². The van der Waals surface area contributed by atoms with Gasteiger partial charge in [-0.05, 0) is 30.7 Å². The molecule has 6 aromatic heterocycles. The second-order valence-corrected chi connectivity index (χ2v) is 18.1. The molecule has 75 heavy (non-hydrogen) atoms. The van der Waals surface area contributed by atoms with Crippen molar-refractivity contribution in [1.29, 1.82) is 0 Å². The van der Waals surface area contributed by atoms with Crippen LogP contribution in [-0.2, 0) is 56.7 Å². The van der Waals surface area contributed by atoms with Gasteiger partial charge in [-0.15, -0.1) is 0 Å². The molecule has 0 aliphatic rings. The SMILES string of the molecule is CC(=O)Nc1cn(C)c(C(=O)Nc2cn(C)c(C(=O)Nc3cc(C(=O)NCCCC(=O)Nc4cc(C(=O)Nc5cc(C(=O)Nc6cc(C(=O)NCCC(=O)NCCC[NH+](C)C)n(C)c6)n(C)c5)n(C)c4)n(C)c3)n2)n1. The number of imidazole rings is 2. The molecule has 6 rings (SSSR count). The Hall–Kier alpha value is -9.27. The fourth-order valence-electron chi connectivity index (χ4n) is 7.74. The predicted molar refractivity (Wildman–Crippen MR) is 277 cm³/mol. The zero-order valence-electron chi connectivity index (χ0n) is 43.2. The monoisotopic (exact) mass is 1040 g/mol. The standard InChI is InChI=1S/C48H62N18O9/c1-28(67)52-37-26-65(8)42(57-37)48(75)59-38-27-66(9)41(58-38)47(74)56-32-20-33(62(5)25-32)43(70)50-14-10-12-40(69)53-29-18-35(63(6)22-29)45(72)55-31-21-36(64(7)24-31)46(73)54-30-19-34(61(4)23-30)44(71)51-16-13-39(68)49-15-11-17-60(2)3/h18-27H,10-17H2,1-9H3,(H,49,68)(H,50,70)(H,51,71)(H,52,67)(H,53,69)(H,54,73)(H,55,72)(H,56,74)(H,59,75)/p+1. The molecule has 0 radical (unpaired) electrons. The number of amides is 9. The fraction of sp³-hybridized carbons (Fsp3) is 0.354. The van der Waals surface area contributed by atoms with Crippen molar-refractivity contribution in [2.24, 2.45) is 42.3 Å². The second kappa shape index (κ2) is 24.4. The highest BCUT2D eigenvalue weighted by molar-refractivity contribution is 6.08. The molecular formula is C48H63N18O9+. The molecule has 0 aliphatic carbocycles. The fourth-order valence-corrected chi connectivity index (χ4v) is 7.74. The summed E-state index contributed by atoms with van der Waals surface area (Å²) in [5.74, 6) is -3.69. The van der Waals surface area contributed by atoms with Crippen LogP contribution < -0.4 is 52.8 Å². The Labute approximate surface area is 430 Å². The maximum Gasteiger partial charge on any atom is 0.292 e. The molecule has 0 unspecified atom stereocenters. The van der Waals surface area contributed by atoms with Gasteiger partial charge in [-0.3, -0.25) is 43.2 Å². The van der Waals surface area contributed by atoms with E-state index in [2.05, 4.69) is 57.8 Å². The van der Waals surface area contributed by atoms with E-state index in [0.717, 1.165) is 13.0 Å². The Morgan fingerprint density at radius 1 is 0.427 bits per heavy atom. The maximum absolute atomic E-state index is 13.4. The largest absolute Gasteiger partial charge is 0.356 e. The van der Waals surface area contributed by atoms with Gasteiger partial charge < -0.3 is 80.2 Å². The van der Waals surface area contributed by atoms with Crippen LogP contribution >= 0.6 is 0 Å². The minimum absolute atomic E-state index is 0.00115. The number of aryl methyl sites for hydroxylation is 6. The lowest BCUT2D eigenvalue weighted by Gasteiger charge is -2.09. The molecule has 0 spiro atoms. The van der Waals surface area contributed by atoms with Gasteiger partial charge in [-0.1, -0.05) is 0 Å². The summed E-state index contributed by atoms with van der Waals surface area (Å²) < 4.78 is 9.00. The van der Waals surface area contributed by atoms with Crippen molar-refractivity contribution in [3.8, 4) is 0 Å². The van der Waals surface area contributed by atoms with Gasteiger partial charge in [0.2, 0.25) is 29.4 Å².